The Hall–Kier alpha value is -1.98. The van der Waals surface area contributed by atoms with Gasteiger partial charge < -0.3 is 15.2 Å². The second-order valence-corrected chi connectivity index (χ2v) is 4.41. The molecule has 0 radical (unpaired) electrons. The van der Waals surface area contributed by atoms with E-state index in [2.05, 4.69) is 10.3 Å². The molecule has 2 N–H and O–H groups in total. The fourth-order valence-electron chi connectivity index (χ4n) is 1.94. The molecule has 0 aliphatic carbocycles. The highest BCUT2D eigenvalue weighted by molar-refractivity contribution is 5.98. The molecule has 2 aromatic rings. The van der Waals surface area contributed by atoms with Crippen LogP contribution in [0.1, 0.15) is 16.1 Å². The van der Waals surface area contributed by atoms with Crippen LogP contribution >= 0.6 is 0 Å². The number of nitrogens with zero attached hydrogens (tertiary/aromatic N) is 1. The summed E-state index contributed by atoms with van der Waals surface area (Å²) in [6.07, 6.45) is 0. The number of benzene rings is 1. The maximum absolute atomic E-state index is 12.1. The number of aliphatic hydroxyl groups is 1. The van der Waals surface area contributed by atoms with Gasteiger partial charge in [-0.3, -0.25) is 9.78 Å². The molecule has 0 spiro atoms. The molecule has 0 aliphatic heterocycles. The molecule has 1 aromatic heterocycles. The minimum Gasteiger partial charge on any atom is -0.394 e. The van der Waals surface area contributed by atoms with Gasteiger partial charge in [0.05, 0.1) is 36.6 Å². The van der Waals surface area contributed by atoms with Gasteiger partial charge in [0.25, 0.3) is 5.91 Å². The topological polar surface area (TPSA) is 71.5 Å². The minimum absolute atomic E-state index is 0.0123. The van der Waals surface area contributed by atoms with Gasteiger partial charge in [0.15, 0.2) is 0 Å². The number of aromatic nitrogens is 1. The standard InChI is InChI=1S/C15H18N2O3/c1-11-13(15(19)16-6-8-20-9-7-18)10-12-4-2-3-5-14(12)17-11/h2-5,10,18H,6-9H2,1H3,(H,16,19). The number of hydrogen-bond acceptors (Lipinski definition) is 4. The third-order valence-corrected chi connectivity index (χ3v) is 2.93. The number of fused-ring (bicyclic) bond motifs is 1. The van der Waals surface area contributed by atoms with Gasteiger partial charge in [-0.1, -0.05) is 18.2 Å². The van der Waals surface area contributed by atoms with E-state index in [4.69, 9.17) is 9.84 Å². The zero-order chi connectivity index (χ0) is 14.4. The number of carbonyl (C=O) groups excluding carboxylic acids is 1. The molecule has 5 heteroatoms. The van der Waals surface area contributed by atoms with Crippen molar-refractivity contribution in [3.63, 3.8) is 0 Å². The zero-order valence-electron chi connectivity index (χ0n) is 11.4. The van der Waals surface area contributed by atoms with Crippen molar-refractivity contribution in [2.24, 2.45) is 0 Å². The summed E-state index contributed by atoms with van der Waals surface area (Å²) >= 11 is 0. The van der Waals surface area contributed by atoms with Gasteiger partial charge in [-0.15, -0.1) is 0 Å². The monoisotopic (exact) mass is 274 g/mol. The Morgan fingerprint density at radius 2 is 2.15 bits per heavy atom. The molecule has 1 amide bonds. The molecule has 106 valence electrons. The van der Waals surface area contributed by atoms with Crippen molar-refractivity contribution >= 4 is 16.8 Å². The van der Waals surface area contributed by atoms with Gasteiger partial charge in [-0.05, 0) is 19.1 Å². The first-order valence-electron chi connectivity index (χ1n) is 6.55. The quantitative estimate of drug-likeness (QED) is 0.778. The van der Waals surface area contributed by atoms with Gasteiger partial charge in [0, 0.05) is 11.9 Å². The molecule has 20 heavy (non-hydrogen) atoms. The van der Waals surface area contributed by atoms with Gasteiger partial charge >= 0.3 is 0 Å². The molecule has 2 rings (SSSR count). The van der Waals surface area contributed by atoms with Crippen molar-refractivity contribution in [2.45, 2.75) is 6.92 Å². The summed E-state index contributed by atoms with van der Waals surface area (Å²) in [6.45, 7) is 2.88. The summed E-state index contributed by atoms with van der Waals surface area (Å²) < 4.78 is 5.09. The highest BCUT2D eigenvalue weighted by atomic mass is 16.5. The van der Waals surface area contributed by atoms with E-state index in [1.165, 1.54) is 0 Å². The Labute approximate surface area is 117 Å². The number of para-hydroxylation sites is 1. The molecule has 0 saturated heterocycles. The van der Waals surface area contributed by atoms with E-state index in [1.54, 1.807) is 0 Å². The van der Waals surface area contributed by atoms with Crippen LogP contribution in [-0.2, 0) is 4.74 Å². The van der Waals surface area contributed by atoms with Crippen molar-refractivity contribution in [1.82, 2.24) is 10.3 Å². The van der Waals surface area contributed by atoms with E-state index in [-0.39, 0.29) is 19.1 Å². The fourth-order valence-corrected chi connectivity index (χ4v) is 1.94. The number of nitrogens with one attached hydrogen (secondary N) is 1. The Kier molecular flexibility index (Phi) is 5.03. The van der Waals surface area contributed by atoms with Crippen molar-refractivity contribution in [3.8, 4) is 0 Å². The zero-order valence-corrected chi connectivity index (χ0v) is 11.4. The molecule has 0 atom stereocenters. The van der Waals surface area contributed by atoms with E-state index in [1.807, 2.05) is 37.3 Å². The number of ether oxygens (including phenoxy) is 1. The molecule has 0 bridgehead atoms. The average molecular weight is 274 g/mol. The third-order valence-electron chi connectivity index (χ3n) is 2.93. The molecule has 0 saturated carbocycles. The molecule has 0 fully saturated rings. The summed E-state index contributed by atoms with van der Waals surface area (Å²) in [5.41, 5.74) is 2.16. The van der Waals surface area contributed by atoms with Crippen LogP contribution in [0.3, 0.4) is 0 Å². The van der Waals surface area contributed by atoms with Crippen LogP contribution in [0.25, 0.3) is 10.9 Å². The molecular weight excluding hydrogens is 256 g/mol. The van der Waals surface area contributed by atoms with E-state index in [0.717, 1.165) is 10.9 Å². The van der Waals surface area contributed by atoms with Crippen molar-refractivity contribution < 1.29 is 14.6 Å². The van der Waals surface area contributed by atoms with Gasteiger partial charge in [-0.25, -0.2) is 0 Å². The van der Waals surface area contributed by atoms with E-state index in [9.17, 15) is 4.79 Å². The van der Waals surface area contributed by atoms with Crippen LogP contribution in [0.5, 0.6) is 0 Å². The van der Waals surface area contributed by atoms with Crippen molar-refractivity contribution in [3.05, 3.63) is 41.6 Å². The second kappa shape index (κ2) is 6.98. The first-order valence-corrected chi connectivity index (χ1v) is 6.55. The summed E-state index contributed by atoms with van der Waals surface area (Å²) in [6, 6.07) is 9.55. The summed E-state index contributed by atoms with van der Waals surface area (Å²) in [5.74, 6) is -0.159. The first kappa shape index (κ1) is 14.4. The lowest BCUT2D eigenvalue weighted by atomic mass is 10.1. The Morgan fingerprint density at radius 1 is 1.35 bits per heavy atom. The lowest BCUT2D eigenvalue weighted by molar-refractivity contribution is 0.0837. The average Bonchev–Trinajstić information content (AvgIpc) is 2.46. The predicted molar refractivity (Wildman–Crippen MR) is 76.7 cm³/mol. The number of aryl methyl sites for hydroxylation is 1. The van der Waals surface area contributed by atoms with Gasteiger partial charge in [0.1, 0.15) is 0 Å². The largest absolute Gasteiger partial charge is 0.394 e. The molecule has 0 unspecified atom stereocenters. The molecule has 1 heterocycles. The SMILES string of the molecule is Cc1nc2ccccc2cc1C(=O)NCCOCCO. The molecule has 1 aromatic carbocycles. The number of aliphatic hydroxyl groups excluding tert-OH is 1. The van der Waals surface area contributed by atoms with Crippen LogP contribution in [0, 0.1) is 6.92 Å². The summed E-state index contributed by atoms with van der Waals surface area (Å²) in [4.78, 5) is 16.5. The maximum atomic E-state index is 12.1. The Morgan fingerprint density at radius 3 is 2.95 bits per heavy atom. The third kappa shape index (κ3) is 3.53. The molecule has 0 aliphatic rings. The van der Waals surface area contributed by atoms with Crippen LogP contribution in [-0.4, -0.2) is 42.4 Å². The molecular formula is C15H18N2O3. The van der Waals surface area contributed by atoms with E-state index < -0.39 is 0 Å². The van der Waals surface area contributed by atoms with E-state index >= 15 is 0 Å². The summed E-state index contributed by atoms with van der Waals surface area (Å²) in [7, 11) is 0. The lowest BCUT2D eigenvalue weighted by Gasteiger charge is -2.09. The normalized spacial score (nSPS) is 10.7. The van der Waals surface area contributed by atoms with Crippen molar-refractivity contribution in [1.29, 1.82) is 0 Å². The predicted octanol–water partition coefficient (Wildman–Crippen LogP) is 1.28. The van der Waals surface area contributed by atoms with Crippen LogP contribution in [0.4, 0.5) is 0 Å². The fraction of sp³-hybridized carbons (Fsp3) is 0.333. The Balaban J connectivity index is 2.04. The second-order valence-electron chi connectivity index (χ2n) is 4.41. The van der Waals surface area contributed by atoms with Gasteiger partial charge in [0.2, 0.25) is 0 Å². The van der Waals surface area contributed by atoms with E-state index in [0.29, 0.717) is 24.4 Å². The number of pyridine rings is 1. The Bertz CT molecular complexity index is 599. The number of rotatable bonds is 6. The van der Waals surface area contributed by atoms with Gasteiger partial charge in [-0.2, -0.15) is 0 Å². The minimum atomic E-state index is -0.159. The van der Waals surface area contributed by atoms with Crippen LogP contribution < -0.4 is 5.32 Å². The number of carbonyl (C=O) groups is 1. The van der Waals surface area contributed by atoms with Crippen LogP contribution in [0.2, 0.25) is 0 Å². The van der Waals surface area contributed by atoms with Crippen LogP contribution in [0.15, 0.2) is 30.3 Å². The lowest BCUT2D eigenvalue weighted by Crippen LogP contribution is -2.28. The first-order chi connectivity index (χ1) is 9.72. The number of hydrogen-bond donors (Lipinski definition) is 2. The maximum Gasteiger partial charge on any atom is 0.253 e. The molecule has 5 nitrogen and oxygen atoms in total. The smallest absolute Gasteiger partial charge is 0.253 e. The summed E-state index contributed by atoms with van der Waals surface area (Å²) in [5, 5.41) is 12.3. The highest BCUT2D eigenvalue weighted by Gasteiger charge is 2.10. The highest BCUT2D eigenvalue weighted by Crippen LogP contribution is 2.16. The van der Waals surface area contributed by atoms with Crippen molar-refractivity contribution in [2.75, 3.05) is 26.4 Å². The number of amides is 1.